The van der Waals surface area contributed by atoms with E-state index < -0.39 is 11.9 Å². The number of esters is 2. The third-order valence-electron chi connectivity index (χ3n) is 3.78. The Morgan fingerprint density at radius 3 is 2.38 bits per heavy atom. The lowest BCUT2D eigenvalue weighted by molar-refractivity contribution is -0.138. The van der Waals surface area contributed by atoms with E-state index in [-0.39, 0.29) is 17.6 Å². The first-order valence-electron chi connectivity index (χ1n) is 7.53. The van der Waals surface area contributed by atoms with Crippen LogP contribution in [0.5, 0.6) is 0 Å². The zero-order chi connectivity index (χ0) is 17.7. The molecular formula is C17H20N2O5. The number of nitrogens with one attached hydrogen (secondary N) is 1. The monoisotopic (exact) mass is 332 g/mol. The predicted octanol–water partition coefficient (Wildman–Crippen LogP) is 1.84. The van der Waals surface area contributed by atoms with E-state index in [4.69, 9.17) is 0 Å². The van der Waals surface area contributed by atoms with E-state index in [1.54, 1.807) is 29.2 Å². The van der Waals surface area contributed by atoms with Crippen molar-refractivity contribution in [1.82, 2.24) is 0 Å². The zero-order valence-electron chi connectivity index (χ0n) is 13.9. The van der Waals surface area contributed by atoms with Gasteiger partial charge in [0.1, 0.15) is 5.70 Å². The van der Waals surface area contributed by atoms with Crippen LogP contribution in [0.2, 0.25) is 0 Å². The minimum absolute atomic E-state index is 0.0392. The van der Waals surface area contributed by atoms with Crippen molar-refractivity contribution in [1.29, 1.82) is 0 Å². The first-order valence-corrected chi connectivity index (χ1v) is 7.53. The number of amides is 1. The molecule has 1 N–H and O–H groups in total. The van der Waals surface area contributed by atoms with E-state index in [2.05, 4.69) is 14.8 Å². The van der Waals surface area contributed by atoms with Crippen LogP contribution < -0.4 is 10.2 Å². The minimum Gasteiger partial charge on any atom is -0.466 e. The van der Waals surface area contributed by atoms with Gasteiger partial charge in [0.05, 0.1) is 20.3 Å². The Bertz CT molecular complexity index is 666. The molecule has 1 unspecified atom stereocenters. The highest BCUT2D eigenvalue weighted by Crippen LogP contribution is 2.27. The average molecular weight is 332 g/mol. The van der Waals surface area contributed by atoms with Crippen LogP contribution in [0, 0.1) is 0 Å². The van der Waals surface area contributed by atoms with Crippen molar-refractivity contribution in [2.45, 2.75) is 25.8 Å². The van der Waals surface area contributed by atoms with Crippen LogP contribution in [0.4, 0.5) is 11.4 Å². The summed E-state index contributed by atoms with van der Waals surface area (Å²) in [6, 6.07) is 7.19. The molecule has 0 aromatic heterocycles. The number of anilines is 2. The van der Waals surface area contributed by atoms with Crippen LogP contribution in [0.25, 0.3) is 0 Å². The fourth-order valence-corrected chi connectivity index (χ4v) is 2.52. The summed E-state index contributed by atoms with van der Waals surface area (Å²) in [6.07, 6.45) is 2.41. The zero-order valence-corrected chi connectivity index (χ0v) is 13.9. The van der Waals surface area contributed by atoms with Crippen LogP contribution in [-0.2, 0) is 23.9 Å². The normalized spacial score (nSPS) is 17.6. The molecule has 1 aromatic carbocycles. The Kier molecular flexibility index (Phi) is 5.57. The molecule has 0 radical (unpaired) electrons. The molecule has 0 bridgehead atoms. The molecule has 1 aliphatic heterocycles. The molecular weight excluding hydrogens is 312 g/mol. The maximum Gasteiger partial charge on any atom is 0.354 e. The van der Waals surface area contributed by atoms with Gasteiger partial charge >= 0.3 is 11.9 Å². The lowest BCUT2D eigenvalue weighted by Crippen LogP contribution is -2.30. The average Bonchev–Trinajstić information content (AvgIpc) is 2.92. The van der Waals surface area contributed by atoms with Gasteiger partial charge in [-0.2, -0.15) is 0 Å². The van der Waals surface area contributed by atoms with E-state index in [1.807, 2.05) is 6.92 Å². The Labute approximate surface area is 140 Å². The minimum atomic E-state index is -0.687. The number of rotatable bonds is 5. The predicted molar refractivity (Wildman–Crippen MR) is 88.4 cm³/mol. The number of carbonyl (C=O) groups is 3. The lowest BCUT2D eigenvalue weighted by Gasteiger charge is -2.22. The summed E-state index contributed by atoms with van der Waals surface area (Å²) in [7, 11) is 2.44. The molecule has 7 heteroatoms. The van der Waals surface area contributed by atoms with Crippen LogP contribution in [0.3, 0.4) is 0 Å². The molecule has 7 nitrogen and oxygen atoms in total. The van der Waals surface area contributed by atoms with Crippen molar-refractivity contribution in [3.63, 3.8) is 0 Å². The summed E-state index contributed by atoms with van der Waals surface area (Å²) in [4.78, 5) is 36.7. The maximum absolute atomic E-state index is 11.9. The summed E-state index contributed by atoms with van der Waals surface area (Å²) >= 11 is 0. The highest BCUT2D eigenvalue weighted by atomic mass is 16.5. The molecule has 0 saturated carbocycles. The molecule has 1 amide bonds. The van der Waals surface area contributed by atoms with Gasteiger partial charge < -0.3 is 19.7 Å². The molecule has 2 rings (SSSR count). The highest BCUT2D eigenvalue weighted by molar-refractivity contribution is 5.99. The van der Waals surface area contributed by atoms with Crippen molar-refractivity contribution in [3.05, 3.63) is 36.0 Å². The van der Waals surface area contributed by atoms with E-state index in [0.717, 1.165) is 18.2 Å². The summed E-state index contributed by atoms with van der Waals surface area (Å²) in [5, 5.41) is 2.82. The number of carbonyl (C=O) groups excluding carboxylic acids is 3. The van der Waals surface area contributed by atoms with Crippen molar-refractivity contribution < 1.29 is 23.9 Å². The Hall–Kier alpha value is -2.83. The Morgan fingerprint density at radius 1 is 1.21 bits per heavy atom. The smallest absolute Gasteiger partial charge is 0.354 e. The second-order valence-corrected chi connectivity index (χ2v) is 5.40. The van der Waals surface area contributed by atoms with Crippen molar-refractivity contribution in [3.8, 4) is 0 Å². The van der Waals surface area contributed by atoms with E-state index in [0.29, 0.717) is 12.1 Å². The van der Waals surface area contributed by atoms with E-state index >= 15 is 0 Å². The third kappa shape index (κ3) is 3.92. The Morgan fingerprint density at radius 2 is 1.88 bits per heavy atom. The first-order chi connectivity index (χ1) is 11.5. The van der Waals surface area contributed by atoms with Gasteiger partial charge in [-0.05, 0) is 37.6 Å². The standard InChI is InChI=1S/C17H20N2O5/c1-11-4-9-15(20)19(11)13-7-5-12(6-8-13)18-14(17(22)24-3)10-16(21)23-2/h5-8,10-11,18H,4,9H2,1-3H3/b14-10+. The number of hydrogen-bond donors (Lipinski definition) is 1. The van der Waals surface area contributed by atoms with Crippen molar-refractivity contribution in [2.75, 3.05) is 24.4 Å². The number of hydrogen-bond acceptors (Lipinski definition) is 6. The molecule has 1 fully saturated rings. The van der Waals surface area contributed by atoms with Crippen LogP contribution >= 0.6 is 0 Å². The summed E-state index contributed by atoms with van der Waals surface area (Å²) in [5.74, 6) is -1.26. The van der Waals surface area contributed by atoms with Gasteiger partial charge in [0.2, 0.25) is 5.91 Å². The molecule has 0 aliphatic carbocycles. The fraction of sp³-hybridized carbons (Fsp3) is 0.353. The van der Waals surface area contributed by atoms with Crippen LogP contribution in [-0.4, -0.2) is 38.1 Å². The fourth-order valence-electron chi connectivity index (χ4n) is 2.52. The van der Waals surface area contributed by atoms with Crippen LogP contribution in [0.15, 0.2) is 36.0 Å². The van der Waals surface area contributed by atoms with Crippen molar-refractivity contribution >= 4 is 29.2 Å². The summed E-state index contributed by atoms with van der Waals surface area (Å²) in [6.45, 7) is 2.01. The number of ether oxygens (including phenoxy) is 2. The largest absolute Gasteiger partial charge is 0.466 e. The third-order valence-corrected chi connectivity index (χ3v) is 3.78. The van der Waals surface area contributed by atoms with Gasteiger partial charge in [-0.1, -0.05) is 0 Å². The SMILES string of the molecule is COC(=O)/C=C(/Nc1ccc(N2C(=O)CCC2C)cc1)C(=O)OC. The molecule has 24 heavy (non-hydrogen) atoms. The number of nitrogens with zero attached hydrogens (tertiary/aromatic N) is 1. The van der Waals surface area contributed by atoms with Gasteiger partial charge in [0.15, 0.2) is 0 Å². The molecule has 0 spiro atoms. The van der Waals surface area contributed by atoms with Gasteiger partial charge in [0, 0.05) is 23.8 Å². The van der Waals surface area contributed by atoms with E-state index in [1.165, 1.54) is 14.2 Å². The van der Waals surface area contributed by atoms with Gasteiger partial charge in [-0.3, -0.25) is 4.79 Å². The molecule has 128 valence electrons. The second kappa shape index (κ2) is 7.63. The highest BCUT2D eigenvalue weighted by Gasteiger charge is 2.28. The number of methoxy groups -OCH3 is 2. The molecule has 1 heterocycles. The van der Waals surface area contributed by atoms with Crippen molar-refractivity contribution in [2.24, 2.45) is 0 Å². The Balaban J connectivity index is 2.17. The van der Waals surface area contributed by atoms with Crippen LogP contribution in [0.1, 0.15) is 19.8 Å². The number of benzene rings is 1. The second-order valence-electron chi connectivity index (χ2n) is 5.40. The quantitative estimate of drug-likeness (QED) is 0.654. The van der Waals surface area contributed by atoms with Gasteiger partial charge in [-0.15, -0.1) is 0 Å². The first kappa shape index (κ1) is 17.5. The van der Waals surface area contributed by atoms with Gasteiger partial charge in [0.25, 0.3) is 0 Å². The topological polar surface area (TPSA) is 84.9 Å². The summed E-state index contributed by atoms with van der Waals surface area (Å²) in [5.41, 5.74) is 1.34. The molecule has 1 aromatic rings. The molecule has 1 atom stereocenters. The lowest BCUT2D eigenvalue weighted by atomic mass is 10.2. The molecule has 1 saturated heterocycles. The maximum atomic E-state index is 11.9. The van der Waals surface area contributed by atoms with E-state index in [9.17, 15) is 14.4 Å². The molecule has 1 aliphatic rings. The summed E-state index contributed by atoms with van der Waals surface area (Å²) < 4.78 is 9.15. The van der Waals surface area contributed by atoms with Gasteiger partial charge in [-0.25, -0.2) is 9.59 Å².